The summed E-state index contributed by atoms with van der Waals surface area (Å²) in [5.41, 5.74) is 13.0. The van der Waals surface area contributed by atoms with Crippen LogP contribution in [0.2, 0.25) is 0 Å². The van der Waals surface area contributed by atoms with E-state index >= 15 is 0 Å². The van der Waals surface area contributed by atoms with Gasteiger partial charge in [0.05, 0.1) is 13.2 Å². The monoisotopic (exact) mass is 604 g/mol. The molecule has 6 rings (SSSR count). The lowest BCUT2D eigenvalue weighted by Gasteiger charge is -2.20. The predicted octanol–water partition coefficient (Wildman–Crippen LogP) is -3.73. The number of nitrogens with zero attached hydrogens (tertiary/aromatic N) is 8. The van der Waals surface area contributed by atoms with Crippen LogP contribution in [0.25, 0.3) is 22.3 Å². The van der Waals surface area contributed by atoms with E-state index in [2.05, 4.69) is 40.5 Å². The van der Waals surface area contributed by atoms with E-state index < -0.39 is 62.3 Å². The number of hydrogen-bond acceptors (Lipinski definition) is 18. The van der Waals surface area contributed by atoms with Crippen LogP contribution in [0.1, 0.15) is 18.9 Å². The van der Waals surface area contributed by atoms with Gasteiger partial charge in [-0.1, -0.05) is 0 Å². The van der Waals surface area contributed by atoms with Gasteiger partial charge in [-0.05, 0) is 6.42 Å². The Balaban J connectivity index is 1.19. The van der Waals surface area contributed by atoms with Crippen LogP contribution < -0.4 is 22.1 Å². The fraction of sp³-hybridized carbons (Fsp3) is 0.565. The third-order valence-corrected chi connectivity index (χ3v) is 7.47. The Morgan fingerprint density at radius 2 is 1.09 bits per heavy atom. The Morgan fingerprint density at radius 1 is 0.674 bits per heavy atom. The number of hydrogen-bond donors (Lipinski definition) is 10. The first-order valence-electron chi connectivity index (χ1n) is 13.4. The van der Waals surface area contributed by atoms with Gasteiger partial charge in [-0.3, -0.25) is 9.13 Å². The minimum absolute atomic E-state index is 0.103. The second kappa shape index (κ2) is 11.6. The molecule has 0 aliphatic carbocycles. The largest absolute Gasteiger partial charge is 0.394 e. The Bertz CT molecular complexity index is 1490. The number of imidazole rings is 2. The van der Waals surface area contributed by atoms with Crippen molar-refractivity contribution in [1.29, 1.82) is 0 Å². The molecular formula is C23H32N12O8. The molecule has 12 N–H and O–H groups in total. The molecule has 4 aromatic heterocycles. The van der Waals surface area contributed by atoms with Crippen molar-refractivity contribution in [2.45, 2.75) is 55.5 Å². The first-order chi connectivity index (χ1) is 20.7. The van der Waals surface area contributed by atoms with Crippen LogP contribution >= 0.6 is 0 Å². The van der Waals surface area contributed by atoms with Crippen LogP contribution in [0.3, 0.4) is 0 Å². The van der Waals surface area contributed by atoms with Crippen molar-refractivity contribution in [1.82, 2.24) is 39.0 Å². The lowest BCUT2D eigenvalue weighted by atomic mass is 10.1. The zero-order chi connectivity index (χ0) is 30.4. The molecule has 0 bridgehead atoms. The van der Waals surface area contributed by atoms with E-state index in [1.807, 2.05) is 0 Å². The molecule has 232 valence electrons. The van der Waals surface area contributed by atoms with Crippen molar-refractivity contribution in [3.8, 4) is 0 Å². The minimum atomic E-state index is -1.38. The molecule has 6 heterocycles. The molecule has 2 fully saturated rings. The number of anilines is 4. The molecular weight excluding hydrogens is 572 g/mol. The molecule has 2 aliphatic heterocycles. The van der Waals surface area contributed by atoms with Crippen molar-refractivity contribution in [2.24, 2.45) is 0 Å². The van der Waals surface area contributed by atoms with Gasteiger partial charge in [-0.2, -0.15) is 0 Å². The number of aliphatic hydroxyl groups excluding tert-OH is 6. The third-order valence-electron chi connectivity index (χ3n) is 7.47. The third kappa shape index (κ3) is 4.92. The van der Waals surface area contributed by atoms with E-state index in [1.165, 1.54) is 21.8 Å². The number of aliphatic hydroxyl groups is 6. The molecule has 0 radical (unpaired) electrons. The highest BCUT2D eigenvalue weighted by Gasteiger charge is 2.46. The lowest BCUT2D eigenvalue weighted by Crippen LogP contribution is -2.33. The van der Waals surface area contributed by atoms with Crippen LogP contribution in [-0.2, 0) is 9.47 Å². The summed E-state index contributed by atoms with van der Waals surface area (Å²) in [5.74, 6) is 0.676. The zero-order valence-corrected chi connectivity index (χ0v) is 22.5. The number of nitrogens with one attached hydrogen (secondary N) is 2. The molecule has 0 unspecified atom stereocenters. The van der Waals surface area contributed by atoms with Crippen molar-refractivity contribution < 1.29 is 40.1 Å². The van der Waals surface area contributed by atoms with E-state index in [-0.39, 0.29) is 45.9 Å². The molecule has 8 atom stereocenters. The number of rotatable bonds is 10. The molecule has 0 saturated carbocycles. The summed E-state index contributed by atoms with van der Waals surface area (Å²) in [4.78, 5) is 25.3. The summed E-state index contributed by atoms with van der Waals surface area (Å²) in [7, 11) is 0. The van der Waals surface area contributed by atoms with Crippen molar-refractivity contribution >= 4 is 45.9 Å². The number of nitrogen functional groups attached to an aromatic ring is 2. The summed E-state index contributed by atoms with van der Waals surface area (Å²) in [6, 6.07) is 0. The normalized spacial score (nSPS) is 29.2. The van der Waals surface area contributed by atoms with Crippen LogP contribution in [0, 0.1) is 0 Å². The molecule has 43 heavy (non-hydrogen) atoms. The van der Waals surface area contributed by atoms with Gasteiger partial charge in [-0.15, -0.1) is 0 Å². The summed E-state index contributed by atoms with van der Waals surface area (Å²) < 4.78 is 14.3. The smallest absolute Gasteiger partial charge is 0.207 e. The van der Waals surface area contributed by atoms with E-state index in [9.17, 15) is 30.6 Å². The molecule has 0 spiro atoms. The van der Waals surface area contributed by atoms with E-state index in [0.29, 0.717) is 19.5 Å². The molecule has 2 aliphatic rings. The number of ether oxygens (including phenoxy) is 2. The van der Waals surface area contributed by atoms with Crippen LogP contribution in [0.5, 0.6) is 0 Å². The Morgan fingerprint density at radius 3 is 1.47 bits per heavy atom. The summed E-state index contributed by atoms with van der Waals surface area (Å²) in [5, 5.41) is 67.3. The highest BCUT2D eigenvalue weighted by atomic mass is 16.6. The Hall–Kier alpha value is -4.02. The standard InChI is InChI=1S/C23H32N12O8/c24-16-10-18(30-6-28-16)34(20-14(40)12(38)8(4-36)42-20)22(32-10)26-2-1-3-27-23-33-11-17(25)29-7-31-19(11)35(23)21-15(41)13(39)9(5-37)43-21/h6-9,12-15,20-21,36-41H,1-5H2,(H,26,32)(H,27,33)(H2,24,28,30)(H2,25,29,31)/t8-,9-,12-,13+,14-,15+,20-,21-/m1/s1. The van der Waals surface area contributed by atoms with Gasteiger partial charge in [-0.25, -0.2) is 29.9 Å². The van der Waals surface area contributed by atoms with Crippen molar-refractivity contribution in [3.63, 3.8) is 0 Å². The zero-order valence-electron chi connectivity index (χ0n) is 22.5. The molecule has 4 aromatic rings. The SMILES string of the molecule is Nc1ncnc2c1nc(NCCCNc1nc3c(N)ncnc3n1[C@@H]1O[C@H](CO)[C@H](O)[C@@H]1O)n2[C@@H]1O[C@H](CO)[C@@H](O)[C@H]1O. The van der Waals surface area contributed by atoms with Gasteiger partial charge < -0.3 is 62.2 Å². The van der Waals surface area contributed by atoms with Gasteiger partial charge in [0.25, 0.3) is 0 Å². The minimum Gasteiger partial charge on any atom is -0.394 e. The first kappa shape index (κ1) is 29.1. The molecule has 0 amide bonds. The van der Waals surface area contributed by atoms with Crippen molar-refractivity contribution in [3.05, 3.63) is 12.7 Å². The van der Waals surface area contributed by atoms with Gasteiger partial charge in [0, 0.05) is 13.1 Å². The van der Waals surface area contributed by atoms with E-state index in [4.69, 9.17) is 20.9 Å². The molecule has 2 saturated heterocycles. The molecule has 20 heteroatoms. The maximum Gasteiger partial charge on any atom is 0.207 e. The van der Waals surface area contributed by atoms with Gasteiger partial charge in [0.2, 0.25) is 11.9 Å². The Labute approximate surface area is 242 Å². The summed E-state index contributed by atoms with van der Waals surface area (Å²) in [6.07, 6.45) is -6.74. The van der Waals surface area contributed by atoms with Crippen LogP contribution in [-0.4, -0.2) is 133 Å². The first-order valence-corrected chi connectivity index (χ1v) is 13.4. The number of aromatic nitrogens is 8. The van der Waals surface area contributed by atoms with Gasteiger partial charge >= 0.3 is 0 Å². The van der Waals surface area contributed by atoms with E-state index in [1.54, 1.807) is 0 Å². The van der Waals surface area contributed by atoms with Crippen LogP contribution in [0.4, 0.5) is 23.5 Å². The second-order valence-electron chi connectivity index (χ2n) is 10.1. The van der Waals surface area contributed by atoms with Gasteiger partial charge in [0.1, 0.15) is 49.3 Å². The quantitative estimate of drug-likeness (QED) is 0.0777. The predicted molar refractivity (Wildman–Crippen MR) is 147 cm³/mol. The van der Waals surface area contributed by atoms with Gasteiger partial charge in [0.15, 0.2) is 46.4 Å². The maximum absolute atomic E-state index is 10.6. The highest BCUT2D eigenvalue weighted by Crippen LogP contribution is 2.36. The van der Waals surface area contributed by atoms with Crippen LogP contribution in [0.15, 0.2) is 12.7 Å². The average Bonchev–Trinajstić information content (AvgIpc) is 3.71. The van der Waals surface area contributed by atoms with Crippen molar-refractivity contribution in [2.75, 3.05) is 48.4 Å². The average molecular weight is 605 g/mol. The number of nitrogens with two attached hydrogens (primary N) is 2. The topological polar surface area (TPSA) is 303 Å². The molecule has 20 nitrogen and oxygen atoms in total. The second-order valence-corrected chi connectivity index (χ2v) is 10.1. The lowest BCUT2D eigenvalue weighted by molar-refractivity contribution is -0.0501. The summed E-state index contributed by atoms with van der Waals surface area (Å²) in [6.45, 7) is -0.349. The fourth-order valence-corrected chi connectivity index (χ4v) is 5.26. The number of fused-ring (bicyclic) bond motifs is 2. The van der Waals surface area contributed by atoms with E-state index in [0.717, 1.165) is 0 Å². The Kier molecular flexibility index (Phi) is 7.83. The summed E-state index contributed by atoms with van der Waals surface area (Å²) >= 11 is 0. The molecule has 0 aromatic carbocycles. The fourth-order valence-electron chi connectivity index (χ4n) is 5.26. The highest BCUT2D eigenvalue weighted by molar-refractivity contribution is 5.84. The maximum atomic E-state index is 10.6.